The van der Waals surface area contributed by atoms with Crippen molar-refractivity contribution in [3.63, 3.8) is 0 Å². The summed E-state index contributed by atoms with van der Waals surface area (Å²) in [6.07, 6.45) is 2.97. The minimum atomic E-state index is -0.454. The van der Waals surface area contributed by atoms with Gasteiger partial charge < -0.3 is 24.8 Å². The Kier molecular flexibility index (Phi) is 8.00. The summed E-state index contributed by atoms with van der Waals surface area (Å²) in [5, 5.41) is 11.9. The van der Waals surface area contributed by atoms with Crippen LogP contribution in [0.5, 0.6) is 0 Å². The molecule has 0 aromatic carbocycles. The summed E-state index contributed by atoms with van der Waals surface area (Å²) in [4.78, 5) is 14.1. The summed E-state index contributed by atoms with van der Waals surface area (Å²) in [6.45, 7) is 8.90. The summed E-state index contributed by atoms with van der Waals surface area (Å²) in [5.41, 5.74) is -0.454. The highest BCUT2D eigenvalue weighted by atomic mass is 16.6. The molecule has 1 saturated heterocycles. The molecule has 0 radical (unpaired) electrons. The Hall–Kier alpha value is -0.850. The number of amides is 1. The third kappa shape index (κ3) is 7.64. The van der Waals surface area contributed by atoms with E-state index in [-0.39, 0.29) is 18.7 Å². The molecular formula is C15H30N2O4. The lowest BCUT2D eigenvalue weighted by Gasteiger charge is -2.36. The first-order valence-corrected chi connectivity index (χ1v) is 7.83. The molecule has 2 N–H and O–H groups in total. The van der Waals surface area contributed by atoms with Crippen LogP contribution in [0.25, 0.3) is 0 Å². The SMILES string of the molecule is CC(C)(C)OC(=O)N1CCCCC1CNCCOCCO. The number of hydrogen-bond acceptors (Lipinski definition) is 5. The molecule has 0 aromatic rings. The number of piperidine rings is 1. The minimum Gasteiger partial charge on any atom is -0.444 e. The zero-order chi connectivity index (χ0) is 15.7. The maximum absolute atomic E-state index is 12.2. The molecule has 0 aliphatic carbocycles. The minimum absolute atomic E-state index is 0.0506. The van der Waals surface area contributed by atoms with Crippen molar-refractivity contribution in [3.05, 3.63) is 0 Å². The van der Waals surface area contributed by atoms with Crippen molar-refractivity contribution in [2.75, 3.05) is 39.5 Å². The topological polar surface area (TPSA) is 71.0 Å². The number of nitrogens with one attached hydrogen (secondary N) is 1. The molecule has 0 bridgehead atoms. The molecule has 0 saturated carbocycles. The van der Waals surface area contributed by atoms with E-state index in [0.29, 0.717) is 13.2 Å². The summed E-state index contributed by atoms with van der Waals surface area (Å²) in [6, 6.07) is 0.187. The molecule has 1 rings (SSSR count). The van der Waals surface area contributed by atoms with Gasteiger partial charge >= 0.3 is 6.09 Å². The fourth-order valence-corrected chi connectivity index (χ4v) is 2.35. The van der Waals surface area contributed by atoms with Gasteiger partial charge in [-0.3, -0.25) is 0 Å². The molecule has 0 spiro atoms. The molecule has 21 heavy (non-hydrogen) atoms. The van der Waals surface area contributed by atoms with Gasteiger partial charge in [-0.25, -0.2) is 4.79 Å². The van der Waals surface area contributed by atoms with E-state index in [1.165, 1.54) is 0 Å². The van der Waals surface area contributed by atoms with Crippen LogP contribution in [0.2, 0.25) is 0 Å². The summed E-state index contributed by atoms with van der Waals surface area (Å²) in [7, 11) is 0. The first-order chi connectivity index (χ1) is 9.94. The number of carbonyl (C=O) groups excluding carboxylic acids is 1. The van der Waals surface area contributed by atoms with Gasteiger partial charge in [-0.15, -0.1) is 0 Å². The van der Waals surface area contributed by atoms with E-state index in [0.717, 1.165) is 38.9 Å². The van der Waals surface area contributed by atoms with Crippen molar-refractivity contribution in [2.24, 2.45) is 0 Å². The van der Waals surface area contributed by atoms with Crippen molar-refractivity contribution in [1.82, 2.24) is 10.2 Å². The molecule has 1 atom stereocenters. The zero-order valence-electron chi connectivity index (χ0n) is 13.6. The Morgan fingerprint density at radius 3 is 2.76 bits per heavy atom. The zero-order valence-corrected chi connectivity index (χ0v) is 13.6. The van der Waals surface area contributed by atoms with Crippen LogP contribution in [0.4, 0.5) is 4.79 Å². The van der Waals surface area contributed by atoms with Crippen molar-refractivity contribution in [2.45, 2.75) is 51.7 Å². The van der Waals surface area contributed by atoms with E-state index < -0.39 is 5.60 Å². The van der Waals surface area contributed by atoms with Gasteiger partial charge in [0.05, 0.1) is 19.8 Å². The number of nitrogens with zero attached hydrogens (tertiary/aromatic N) is 1. The van der Waals surface area contributed by atoms with E-state index in [1.807, 2.05) is 25.7 Å². The van der Waals surface area contributed by atoms with Crippen LogP contribution in [-0.2, 0) is 9.47 Å². The number of aliphatic hydroxyl groups excluding tert-OH is 1. The predicted octanol–water partition coefficient (Wildman–Crippen LogP) is 1.37. The van der Waals surface area contributed by atoms with Gasteiger partial charge in [0.2, 0.25) is 0 Å². The van der Waals surface area contributed by atoms with Crippen LogP contribution in [0.3, 0.4) is 0 Å². The largest absolute Gasteiger partial charge is 0.444 e. The van der Waals surface area contributed by atoms with Crippen LogP contribution in [0, 0.1) is 0 Å². The van der Waals surface area contributed by atoms with Crippen molar-refractivity contribution in [3.8, 4) is 0 Å². The molecule has 1 unspecified atom stereocenters. The molecular weight excluding hydrogens is 272 g/mol. The first kappa shape index (κ1) is 18.2. The third-order valence-electron chi connectivity index (χ3n) is 3.29. The number of likely N-dealkylation sites (tertiary alicyclic amines) is 1. The monoisotopic (exact) mass is 302 g/mol. The van der Waals surface area contributed by atoms with Gasteiger partial charge in [-0.1, -0.05) is 0 Å². The summed E-state index contributed by atoms with van der Waals surface area (Å²) < 4.78 is 10.7. The molecule has 1 heterocycles. The van der Waals surface area contributed by atoms with E-state index in [2.05, 4.69) is 5.32 Å². The van der Waals surface area contributed by atoms with Crippen molar-refractivity contribution in [1.29, 1.82) is 0 Å². The third-order valence-corrected chi connectivity index (χ3v) is 3.29. The standard InChI is InChI=1S/C15H30N2O4/c1-15(2,3)21-14(19)17-8-5-4-6-13(17)12-16-7-10-20-11-9-18/h13,16,18H,4-12H2,1-3H3. The number of carbonyl (C=O) groups is 1. The Morgan fingerprint density at radius 1 is 1.33 bits per heavy atom. The number of rotatable bonds is 7. The van der Waals surface area contributed by atoms with Gasteiger partial charge in [0, 0.05) is 25.7 Å². The predicted molar refractivity (Wildman–Crippen MR) is 81.4 cm³/mol. The van der Waals surface area contributed by atoms with Gasteiger partial charge in [0.15, 0.2) is 0 Å². The highest BCUT2D eigenvalue weighted by molar-refractivity contribution is 5.68. The van der Waals surface area contributed by atoms with Crippen LogP contribution in [0.15, 0.2) is 0 Å². The van der Waals surface area contributed by atoms with E-state index >= 15 is 0 Å². The van der Waals surface area contributed by atoms with Crippen LogP contribution < -0.4 is 5.32 Å². The first-order valence-electron chi connectivity index (χ1n) is 7.83. The van der Waals surface area contributed by atoms with Crippen LogP contribution in [-0.4, -0.2) is 67.2 Å². The molecule has 1 fully saturated rings. The number of ether oxygens (including phenoxy) is 2. The van der Waals surface area contributed by atoms with Crippen molar-refractivity contribution >= 4 is 6.09 Å². The normalized spacial score (nSPS) is 19.6. The lowest BCUT2D eigenvalue weighted by molar-refractivity contribution is 0.00969. The highest BCUT2D eigenvalue weighted by Crippen LogP contribution is 2.19. The van der Waals surface area contributed by atoms with Crippen LogP contribution >= 0.6 is 0 Å². The molecule has 6 heteroatoms. The lowest BCUT2D eigenvalue weighted by Crippen LogP contribution is -2.50. The van der Waals surface area contributed by atoms with Crippen molar-refractivity contribution < 1.29 is 19.4 Å². The molecule has 1 amide bonds. The van der Waals surface area contributed by atoms with Gasteiger partial charge in [0.25, 0.3) is 0 Å². The quantitative estimate of drug-likeness (QED) is 0.695. The molecule has 6 nitrogen and oxygen atoms in total. The highest BCUT2D eigenvalue weighted by Gasteiger charge is 2.29. The van der Waals surface area contributed by atoms with Crippen LogP contribution in [0.1, 0.15) is 40.0 Å². The van der Waals surface area contributed by atoms with Gasteiger partial charge in [0.1, 0.15) is 5.60 Å². The Bertz CT molecular complexity index is 305. The number of hydrogen-bond donors (Lipinski definition) is 2. The second-order valence-electron chi connectivity index (χ2n) is 6.36. The maximum atomic E-state index is 12.2. The molecule has 0 aromatic heterocycles. The Morgan fingerprint density at radius 2 is 2.10 bits per heavy atom. The van der Waals surface area contributed by atoms with E-state index in [4.69, 9.17) is 14.6 Å². The number of aliphatic hydroxyl groups is 1. The second-order valence-corrected chi connectivity index (χ2v) is 6.36. The fourth-order valence-electron chi connectivity index (χ4n) is 2.35. The smallest absolute Gasteiger partial charge is 0.410 e. The molecule has 1 aliphatic rings. The van der Waals surface area contributed by atoms with Gasteiger partial charge in [-0.05, 0) is 40.0 Å². The van der Waals surface area contributed by atoms with E-state index in [1.54, 1.807) is 0 Å². The molecule has 124 valence electrons. The van der Waals surface area contributed by atoms with Gasteiger partial charge in [-0.2, -0.15) is 0 Å². The second kappa shape index (κ2) is 9.23. The lowest BCUT2D eigenvalue weighted by atomic mass is 10.0. The Balaban J connectivity index is 2.33. The fraction of sp³-hybridized carbons (Fsp3) is 0.933. The molecule has 1 aliphatic heterocycles. The van der Waals surface area contributed by atoms with E-state index in [9.17, 15) is 4.79 Å². The Labute approximate surface area is 127 Å². The summed E-state index contributed by atoms with van der Waals surface area (Å²) >= 11 is 0. The maximum Gasteiger partial charge on any atom is 0.410 e. The summed E-state index contributed by atoms with van der Waals surface area (Å²) in [5.74, 6) is 0. The average molecular weight is 302 g/mol. The average Bonchev–Trinajstić information content (AvgIpc) is 2.41.